The Bertz CT molecular complexity index is 946. The van der Waals surface area contributed by atoms with Crippen LogP contribution in [0.1, 0.15) is 32.1 Å². The number of carboxylic acid groups (broad SMARTS) is 1. The first-order valence-electron chi connectivity index (χ1n) is 7.69. The van der Waals surface area contributed by atoms with E-state index in [1.165, 1.54) is 29.5 Å². The molecule has 1 aromatic heterocycles. The van der Waals surface area contributed by atoms with Crippen LogP contribution in [-0.4, -0.2) is 16.1 Å². The van der Waals surface area contributed by atoms with Crippen LogP contribution in [0.2, 0.25) is 0 Å². The van der Waals surface area contributed by atoms with Gasteiger partial charge in [-0.15, -0.1) is 11.3 Å². The van der Waals surface area contributed by atoms with E-state index in [1.54, 1.807) is 24.4 Å². The van der Waals surface area contributed by atoms with Crippen molar-refractivity contribution in [1.29, 1.82) is 0 Å². The van der Waals surface area contributed by atoms with Gasteiger partial charge in [-0.25, -0.2) is 9.78 Å². The van der Waals surface area contributed by atoms with Crippen LogP contribution in [0.4, 0.5) is 13.2 Å². The topological polar surface area (TPSA) is 50.2 Å². The second kappa shape index (κ2) is 6.92. The van der Waals surface area contributed by atoms with Gasteiger partial charge in [0.15, 0.2) is 0 Å². The van der Waals surface area contributed by atoms with E-state index < -0.39 is 17.7 Å². The Labute approximate surface area is 151 Å². The number of thiazole rings is 1. The first-order valence-corrected chi connectivity index (χ1v) is 8.57. The number of aromatic carboxylic acids is 1. The Morgan fingerprint density at radius 1 is 1.15 bits per heavy atom. The first kappa shape index (κ1) is 18.1. The summed E-state index contributed by atoms with van der Waals surface area (Å²) >= 11 is 1.36. The van der Waals surface area contributed by atoms with E-state index in [9.17, 15) is 18.0 Å². The summed E-state index contributed by atoms with van der Waals surface area (Å²) in [6.07, 6.45) is -3.91. The highest BCUT2D eigenvalue weighted by Crippen LogP contribution is 2.34. The number of aromatic nitrogens is 1. The highest BCUT2D eigenvalue weighted by molar-refractivity contribution is 7.10. The van der Waals surface area contributed by atoms with Gasteiger partial charge in [0.1, 0.15) is 0 Å². The Hall–Kier alpha value is -2.67. The molecule has 3 aromatic rings. The lowest BCUT2D eigenvalue weighted by atomic mass is 10.0. The van der Waals surface area contributed by atoms with Crippen molar-refractivity contribution >= 4 is 17.3 Å². The monoisotopic (exact) mass is 377 g/mol. The summed E-state index contributed by atoms with van der Waals surface area (Å²) in [6.45, 7) is 1.75. The van der Waals surface area contributed by atoms with Crippen molar-refractivity contribution < 1.29 is 23.1 Å². The van der Waals surface area contributed by atoms with E-state index in [0.29, 0.717) is 17.7 Å². The van der Waals surface area contributed by atoms with Crippen LogP contribution in [0, 0.1) is 6.92 Å². The van der Waals surface area contributed by atoms with Gasteiger partial charge in [-0.3, -0.25) is 0 Å². The highest BCUT2D eigenvalue weighted by atomic mass is 32.1. The summed E-state index contributed by atoms with van der Waals surface area (Å²) in [5, 5.41) is 11.4. The van der Waals surface area contributed by atoms with Gasteiger partial charge in [-0.1, -0.05) is 18.2 Å². The Kier molecular flexibility index (Phi) is 4.82. The van der Waals surface area contributed by atoms with E-state index in [-0.39, 0.29) is 5.56 Å². The number of carboxylic acids is 1. The maximum absolute atomic E-state index is 12.9. The fourth-order valence-corrected chi connectivity index (χ4v) is 3.36. The molecular weight excluding hydrogens is 363 g/mol. The minimum atomic E-state index is -4.40. The molecule has 1 N–H and O–H groups in total. The molecule has 0 aliphatic heterocycles. The lowest BCUT2D eigenvalue weighted by molar-refractivity contribution is -0.137. The predicted octanol–water partition coefficient (Wildman–Crippen LogP) is 5.43. The summed E-state index contributed by atoms with van der Waals surface area (Å²) in [6, 6.07) is 10.1. The molecule has 0 aliphatic carbocycles. The van der Waals surface area contributed by atoms with Crippen molar-refractivity contribution in [2.75, 3.05) is 0 Å². The third kappa shape index (κ3) is 3.94. The third-order valence-corrected chi connectivity index (χ3v) is 4.80. The van der Waals surface area contributed by atoms with Crippen molar-refractivity contribution in [2.45, 2.75) is 19.5 Å². The van der Waals surface area contributed by atoms with Crippen LogP contribution in [0.5, 0.6) is 0 Å². The highest BCUT2D eigenvalue weighted by Gasteiger charge is 2.31. The Balaban J connectivity index is 1.85. The molecule has 0 spiro atoms. The number of hydrogen-bond acceptors (Lipinski definition) is 3. The van der Waals surface area contributed by atoms with Gasteiger partial charge in [-0.2, -0.15) is 13.2 Å². The molecule has 0 fully saturated rings. The molecule has 0 saturated carbocycles. The molecule has 0 amide bonds. The standard InChI is InChI=1S/C19H14F3NO2S/c1-11-2-7-14(19(20,21)22)9-15(11)16-10-26-17(23-16)8-12-3-5-13(6-4-12)18(24)25/h2-7,9-10H,8H2,1H3,(H,24,25). The van der Waals surface area contributed by atoms with Crippen molar-refractivity contribution in [3.05, 3.63) is 75.1 Å². The number of benzene rings is 2. The number of hydrogen-bond donors (Lipinski definition) is 1. The molecule has 0 aliphatic rings. The smallest absolute Gasteiger partial charge is 0.416 e. The number of rotatable bonds is 4. The zero-order valence-corrected chi connectivity index (χ0v) is 14.5. The average Bonchev–Trinajstić information content (AvgIpc) is 3.03. The van der Waals surface area contributed by atoms with Crippen LogP contribution < -0.4 is 0 Å². The minimum absolute atomic E-state index is 0.202. The molecule has 0 radical (unpaired) electrons. The molecule has 3 nitrogen and oxygen atoms in total. The zero-order chi connectivity index (χ0) is 18.9. The SMILES string of the molecule is Cc1ccc(C(F)(F)F)cc1-c1csc(Cc2ccc(C(=O)O)cc2)n1. The fraction of sp³-hybridized carbons (Fsp3) is 0.158. The number of nitrogens with zero attached hydrogens (tertiary/aromatic N) is 1. The third-order valence-electron chi connectivity index (χ3n) is 3.95. The molecular formula is C19H14F3NO2S. The average molecular weight is 377 g/mol. The maximum Gasteiger partial charge on any atom is 0.416 e. The van der Waals surface area contributed by atoms with Gasteiger partial charge in [-0.05, 0) is 42.3 Å². The molecule has 0 atom stereocenters. The molecule has 7 heteroatoms. The van der Waals surface area contributed by atoms with Crippen molar-refractivity contribution in [2.24, 2.45) is 0 Å². The largest absolute Gasteiger partial charge is 0.478 e. The number of aryl methyl sites for hydroxylation is 1. The normalized spacial score (nSPS) is 11.5. The summed E-state index contributed by atoms with van der Waals surface area (Å²) in [5.41, 5.74) is 2.08. The Morgan fingerprint density at radius 2 is 1.85 bits per heavy atom. The molecule has 134 valence electrons. The van der Waals surface area contributed by atoms with E-state index in [4.69, 9.17) is 5.11 Å². The van der Waals surface area contributed by atoms with Crippen LogP contribution in [-0.2, 0) is 12.6 Å². The zero-order valence-electron chi connectivity index (χ0n) is 13.7. The molecule has 3 rings (SSSR count). The fourth-order valence-electron chi connectivity index (χ4n) is 2.53. The van der Waals surface area contributed by atoms with Gasteiger partial charge in [0, 0.05) is 17.4 Å². The number of alkyl halides is 3. The lowest BCUT2D eigenvalue weighted by Crippen LogP contribution is -2.05. The summed E-state index contributed by atoms with van der Waals surface area (Å²) in [7, 11) is 0. The molecule has 0 unspecified atom stereocenters. The summed E-state index contributed by atoms with van der Waals surface area (Å²) in [4.78, 5) is 15.3. The van der Waals surface area contributed by atoms with Crippen molar-refractivity contribution in [3.63, 3.8) is 0 Å². The van der Waals surface area contributed by atoms with E-state index in [0.717, 1.165) is 28.3 Å². The van der Waals surface area contributed by atoms with Crippen LogP contribution in [0.3, 0.4) is 0 Å². The molecule has 1 heterocycles. The molecule has 2 aromatic carbocycles. The second-order valence-corrected chi connectivity index (χ2v) is 6.78. The second-order valence-electron chi connectivity index (χ2n) is 5.83. The van der Waals surface area contributed by atoms with E-state index in [2.05, 4.69) is 4.98 Å². The van der Waals surface area contributed by atoms with Crippen LogP contribution in [0.25, 0.3) is 11.3 Å². The molecule has 26 heavy (non-hydrogen) atoms. The van der Waals surface area contributed by atoms with E-state index >= 15 is 0 Å². The van der Waals surface area contributed by atoms with Crippen LogP contribution in [0.15, 0.2) is 47.8 Å². The van der Waals surface area contributed by atoms with Crippen LogP contribution >= 0.6 is 11.3 Å². The Morgan fingerprint density at radius 3 is 2.46 bits per heavy atom. The van der Waals surface area contributed by atoms with Gasteiger partial charge in [0.05, 0.1) is 21.8 Å². The van der Waals surface area contributed by atoms with Gasteiger partial charge in [0.2, 0.25) is 0 Å². The number of halogens is 3. The minimum Gasteiger partial charge on any atom is -0.478 e. The summed E-state index contributed by atoms with van der Waals surface area (Å²) < 4.78 is 38.8. The van der Waals surface area contributed by atoms with Crippen molar-refractivity contribution in [1.82, 2.24) is 4.98 Å². The van der Waals surface area contributed by atoms with Gasteiger partial charge in [0.25, 0.3) is 0 Å². The quantitative estimate of drug-likeness (QED) is 0.660. The maximum atomic E-state index is 12.9. The molecule has 0 bridgehead atoms. The number of carbonyl (C=O) groups is 1. The summed E-state index contributed by atoms with van der Waals surface area (Å²) in [5.74, 6) is -0.992. The van der Waals surface area contributed by atoms with Gasteiger partial charge >= 0.3 is 12.1 Å². The van der Waals surface area contributed by atoms with E-state index in [1.807, 2.05) is 0 Å². The van der Waals surface area contributed by atoms with Gasteiger partial charge < -0.3 is 5.11 Å². The predicted molar refractivity (Wildman–Crippen MR) is 93.5 cm³/mol. The van der Waals surface area contributed by atoms with Crippen molar-refractivity contribution in [3.8, 4) is 11.3 Å². The first-order chi connectivity index (χ1) is 12.2. The molecule has 0 saturated heterocycles. The lowest BCUT2D eigenvalue weighted by Gasteiger charge is -2.10.